The van der Waals surface area contributed by atoms with Crippen LogP contribution in [0.15, 0.2) is 53.0 Å². The van der Waals surface area contributed by atoms with E-state index in [1.807, 2.05) is 49.1 Å². The monoisotopic (exact) mass is 412 g/mol. The van der Waals surface area contributed by atoms with E-state index in [0.29, 0.717) is 12.6 Å². The molecule has 0 unspecified atom stereocenters. The van der Waals surface area contributed by atoms with E-state index >= 15 is 0 Å². The Bertz CT molecular complexity index is 919. The molecule has 5 nitrogen and oxygen atoms in total. The van der Waals surface area contributed by atoms with Crippen molar-refractivity contribution >= 4 is 34.7 Å². The smallest absolute Gasteiger partial charge is 0.240 e. The van der Waals surface area contributed by atoms with Crippen molar-refractivity contribution in [2.75, 3.05) is 11.4 Å². The molecule has 1 atom stereocenters. The third-order valence-corrected chi connectivity index (χ3v) is 6.76. The molecule has 28 heavy (non-hydrogen) atoms. The number of nitrogens with zero attached hydrogens (tertiary/aromatic N) is 4. The summed E-state index contributed by atoms with van der Waals surface area (Å²) in [5.41, 5.74) is 0.935. The van der Waals surface area contributed by atoms with Crippen LogP contribution in [0.3, 0.4) is 0 Å². The third kappa shape index (κ3) is 4.15. The molecule has 1 saturated carbocycles. The van der Waals surface area contributed by atoms with Crippen molar-refractivity contribution in [1.82, 2.24) is 14.8 Å². The van der Waals surface area contributed by atoms with E-state index in [4.69, 9.17) is 0 Å². The first-order chi connectivity index (χ1) is 13.7. The van der Waals surface area contributed by atoms with E-state index in [1.54, 1.807) is 11.3 Å². The fourth-order valence-electron chi connectivity index (χ4n) is 3.28. The standard InChI is InChI=1S/C21H24N4OS2/c1-3-24(16-8-5-4-6-9-16)20(26)15(2)28-21-23-22-19(25(21)17-11-12-17)14-18-10-7-13-27-18/h4-10,13,15,17H,3,11-12,14H2,1-2H3/t15-/m0/s1. The molecule has 0 spiro atoms. The Balaban J connectivity index is 1.52. The van der Waals surface area contributed by atoms with Gasteiger partial charge in [-0.3, -0.25) is 4.79 Å². The molecular formula is C21H24N4OS2. The number of anilines is 1. The van der Waals surface area contributed by atoms with Gasteiger partial charge in [-0.2, -0.15) is 0 Å². The van der Waals surface area contributed by atoms with Gasteiger partial charge < -0.3 is 9.47 Å². The highest BCUT2D eigenvalue weighted by Crippen LogP contribution is 2.40. The summed E-state index contributed by atoms with van der Waals surface area (Å²) >= 11 is 3.26. The van der Waals surface area contributed by atoms with Gasteiger partial charge in [0.05, 0.1) is 5.25 Å². The van der Waals surface area contributed by atoms with Crippen molar-refractivity contribution in [3.63, 3.8) is 0 Å². The number of benzene rings is 1. The van der Waals surface area contributed by atoms with Crippen LogP contribution < -0.4 is 4.90 Å². The fraction of sp³-hybridized carbons (Fsp3) is 0.381. The van der Waals surface area contributed by atoms with Crippen LogP contribution >= 0.6 is 23.1 Å². The molecule has 1 aliphatic carbocycles. The van der Waals surface area contributed by atoms with Gasteiger partial charge in [-0.1, -0.05) is 36.0 Å². The number of amides is 1. The average Bonchev–Trinajstić information content (AvgIpc) is 3.27. The van der Waals surface area contributed by atoms with Crippen LogP contribution in [0, 0.1) is 0 Å². The Kier molecular flexibility index (Phi) is 5.82. The van der Waals surface area contributed by atoms with Crippen LogP contribution in [0.2, 0.25) is 0 Å². The molecule has 0 saturated heterocycles. The molecule has 0 N–H and O–H groups in total. The van der Waals surface area contributed by atoms with Crippen LogP contribution in [0.1, 0.15) is 43.4 Å². The summed E-state index contributed by atoms with van der Waals surface area (Å²) in [5.74, 6) is 1.10. The summed E-state index contributed by atoms with van der Waals surface area (Å²) < 4.78 is 2.26. The van der Waals surface area contributed by atoms with Crippen molar-refractivity contribution in [2.24, 2.45) is 0 Å². The Morgan fingerprint density at radius 2 is 2.04 bits per heavy atom. The predicted molar refractivity (Wildman–Crippen MR) is 115 cm³/mol. The summed E-state index contributed by atoms with van der Waals surface area (Å²) in [4.78, 5) is 16.2. The van der Waals surface area contributed by atoms with Gasteiger partial charge in [0.1, 0.15) is 5.82 Å². The molecular weight excluding hydrogens is 388 g/mol. The van der Waals surface area contributed by atoms with Crippen molar-refractivity contribution in [2.45, 2.75) is 49.6 Å². The zero-order valence-corrected chi connectivity index (χ0v) is 17.7. The zero-order valence-electron chi connectivity index (χ0n) is 16.1. The van der Waals surface area contributed by atoms with Gasteiger partial charge in [0.2, 0.25) is 5.91 Å². The second-order valence-corrected chi connectivity index (χ2v) is 9.27. The second kappa shape index (κ2) is 8.49. The van der Waals surface area contributed by atoms with E-state index in [0.717, 1.165) is 35.9 Å². The molecule has 2 aromatic heterocycles. The number of thioether (sulfide) groups is 1. The predicted octanol–water partition coefficient (Wildman–Crippen LogP) is 4.80. The minimum Gasteiger partial charge on any atom is -0.312 e. The molecule has 1 aliphatic rings. The molecule has 0 aliphatic heterocycles. The largest absolute Gasteiger partial charge is 0.312 e. The fourth-order valence-corrected chi connectivity index (χ4v) is 4.98. The molecule has 1 amide bonds. The first-order valence-corrected chi connectivity index (χ1v) is 11.4. The highest BCUT2D eigenvalue weighted by Gasteiger charge is 2.32. The van der Waals surface area contributed by atoms with Gasteiger partial charge in [-0.05, 0) is 50.3 Å². The SMILES string of the molecule is CCN(C(=O)[C@H](C)Sc1nnc(Cc2cccs2)n1C1CC1)c1ccccc1. The Labute approximate surface area is 173 Å². The summed E-state index contributed by atoms with van der Waals surface area (Å²) in [7, 11) is 0. The average molecular weight is 413 g/mol. The molecule has 1 fully saturated rings. The quantitative estimate of drug-likeness (QED) is 0.499. The summed E-state index contributed by atoms with van der Waals surface area (Å²) in [6, 6.07) is 14.5. The molecule has 0 bridgehead atoms. The van der Waals surface area contributed by atoms with Gasteiger partial charge in [0, 0.05) is 29.6 Å². The minimum atomic E-state index is -0.226. The molecule has 7 heteroatoms. The van der Waals surface area contributed by atoms with Gasteiger partial charge in [-0.15, -0.1) is 21.5 Å². The van der Waals surface area contributed by atoms with E-state index < -0.39 is 0 Å². The minimum absolute atomic E-state index is 0.101. The molecule has 2 heterocycles. The lowest BCUT2D eigenvalue weighted by Gasteiger charge is -2.24. The Morgan fingerprint density at radius 3 is 2.68 bits per heavy atom. The lowest BCUT2D eigenvalue weighted by Crippen LogP contribution is -2.36. The molecule has 1 aromatic carbocycles. The lowest BCUT2D eigenvalue weighted by atomic mass is 10.2. The number of para-hydroxylation sites is 1. The van der Waals surface area contributed by atoms with Crippen molar-refractivity contribution in [1.29, 1.82) is 0 Å². The van der Waals surface area contributed by atoms with Gasteiger partial charge in [-0.25, -0.2) is 0 Å². The molecule has 3 aromatic rings. The maximum Gasteiger partial charge on any atom is 0.240 e. The van der Waals surface area contributed by atoms with E-state index in [-0.39, 0.29) is 11.2 Å². The highest BCUT2D eigenvalue weighted by molar-refractivity contribution is 8.00. The number of carbonyl (C=O) groups is 1. The summed E-state index contributed by atoms with van der Waals surface area (Å²) in [5, 5.41) is 11.6. The van der Waals surface area contributed by atoms with Crippen LogP contribution in [0.4, 0.5) is 5.69 Å². The van der Waals surface area contributed by atoms with Gasteiger partial charge in [0.25, 0.3) is 0 Å². The van der Waals surface area contributed by atoms with Crippen LogP contribution in [0.5, 0.6) is 0 Å². The second-order valence-electron chi connectivity index (χ2n) is 6.93. The first-order valence-electron chi connectivity index (χ1n) is 9.66. The van der Waals surface area contributed by atoms with E-state index in [1.165, 1.54) is 16.6 Å². The van der Waals surface area contributed by atoms with Crippen molar-refractivity contribution in [3.05, 3.63) is 58.5 Å². The Morgan fingerprint density at radius 1 is 1.25 bits per heavy atom. The number of carbonyl (C=O) groups excluding carboxylic acids is 1. The topological polar surface area (TPSA) is 51.0 Å². The maximum atomic E-state index is 13.1. The van der Waals surface area contributed by atoms with Crippen LogP contribution in [-0.4, -0.2) is 32.5 Å². The van der Waals surface area contributed by atoms with Crippen LogP contribution in [0.25, 0.3) is 0 Å². The van der Waals surface area contributed by atoms with Crippen molar-refractivity contribution < 1.29 is 4.79 Å². The van der Waals surface area contributed by atoms with Gasteiger partial charge >= 0.3 is 0 Å². The number of rotatable bonds is 8. The first kappa shape index (κ1) is 19.2. The normalized spacial score (nSPS) is 14.8. The molecule has 146 valence electrons. The van der Waals surface area contributed by atoms with Crippen molar-refractivity contribution in [3.8, 4) is 0 Å². The zero-order chi connectivity index (χ0) is 19.5. The van der Waals surface area contributed by atoms with Crippen LogP contribution in [-0.2, 0) is 11.2 Å². The number of thiophene rings is 1. The number of aromatic nitrogens is 3. The summed E-state index contributed by atoms with van der Waals surface area (Å²) in [6.45, 7) is 4.62. The highest BCUT2D eigenvalue weighted by atomic mass is 32.2. The molecule has 0 radical (unpaired) electrons. The number of hydrogen-bond donors (Lipinski definition) is 0. The van der Waals surface area contributed by atoms with Gasteiger partial charge in [0.15, 0.2) is 5.16 Å². The van der Waals surface area contributed by atoms with E-state index in [2.05, 4.69) is 32.3 Å². The maximum absolute atomic E-state index is 13.1. The molecule has 4 rings (SSSR count). The Hall–Kier alpha value is -2.12. The number of hydrogen-bond acceptors (Lipinski definition) is 5. The summed E-state index contributed by atoms with van der Waals surface area (Å²) in [6.07, 6.45) is 3.13. The lowest BCUT2D eigenvalue weighted by molar-refractivity contribution is -0.117. The third-order valence-electron chi connectivity index (χ3n) is 4.84. The van der Waals surface area contributed by atoms with E-state index in [9.17, 15) is 4.79 Å².